The number of nitrogens with one attached hydrogen (secondary N) is 1. The lowest BCUT2D eigenvalue weighted by atomic mass is 9.81. The zero-order valence-corrected chi connectivity index (χ0v) is 15.3. The lowest BCUT2D eigenvalue weighted by Crippen LogP contribution is -2.52. The van der Waals surface area contributed by atoms with E-state index >= 15 is 0 Å². The highest BCUT2D eigenvalue weighted by atomic mass is 32.1. The van der Waals surface area contributed by atoms with E-state index in [1.165, 1.54) is 0 Å². The molecule has 1 amide bonds. The van der Waals surface area contributed by atoms with Crippen molar-refractivity contribution in [3.63, 3.8) is 0 Å². The van der Waals surface area contributed by atoms with Gasteiger partial charge in [-0.3, -0.25) is 9.69 Å². The lowest BCUT2D eigenvalue weighted by Gasteiger charge is -2.28. The number of hydrogen-bond acceptors (Lipinski definition) is 5. The number of carbonyl (C=O) groups excluding carboxylic acids is 1. The van der Waals surface area contributed by atoms with Crippen LogP contribution in [0.1, 0.15) is 18.4 Å². The Morgan fingerprint density at radius 2 is 1.92 bits per heavy atom. The van der Waals surface area contributed by atoms with Gasteiger partial charge in [0, 0.05) is 31.6 Å². The van der Waals surface area contributed by atoms with E-state index in [0.29, 0.717) is 18.2 Å². The SMILES string of the molecule is CCN1C(=O)[C@]2(CN(C)C[C@H]2c2cc(OC)cc(OC)c2)NC1=S. The number of hydrogen-bond donors (Lipinski definition) is 1. The highest BCUT2D eigenvalue weighted by Gasteiger charge is 2.58. The third-order valence-corrected chi connectivity index (χ3v) is 5.23. The Bertz CT molecular complexity index is 659. The van der Waals surface area contributed by atoms with Gasteiger partial charge in [-0.2, -0.15) is 0 Å². The second-order valence-electron chi connectivity index (χ2n) is 6.35. The number of rotatable bonds is 4. The molecule has 2 saturated heterocycles. The fourth-order valence-corrected chi connectivity index (χ4v) is 4.16. The Morgan fingerprint density at radius 3 is 2.42 bits per heavy atom. The molecular weight excluding hydrogens is 326 g/mol. The molecule has 2 aliphatic heterocycles. The zero-order chi connectivity index (χ0) is 17.5. The van der Waals surface area contributed by atoms with Crippen LogP contribution in [-0.4, -0.2) is 67.3 Å². The quantitative estimate of drug-likeness (QED) is 0.825. The van der Waals surface area contributed by atoms with Crippen molar-refractivity contribution >= 4 is 23.2 Å². The van der Waals surface area contributed by atoms with Gasteiger partial charge in [0.05, 0.1) is 14.2 Å². The molecule has 1 N–H and O–H groups in total. The van der Waals surface area contributed by atoms with E-state index in [4.69, 9.17) is 21.7 Å². The molecule has 24 heavy (non-hydrogen) atoms. The average molecular weight is 349 g/mol. The van der Waals surface area contributed by atoms with Crippen LogP contribution in [0.5, 0.6) is 11.5 Å². The summed E-state index contributed by atoms with van der Waals surface area (Å²) >= 11 is 5.39. The largest absolute Gasteiger partial charge is 0.497 e. The topological polar surface area (TPSA) is 54.0 Å². The molecule has 6 nitrogen and oxygen atoms in total. The Hall–Kier alpha value is -1.86. The molecule has 0 bridgehead atoms. The molecule has 2 heterocycles. The van der Waals surface area contributed by atoms with Crippen molar-refractivity contribution in [3.05, 3.63) is 23.8 Å². The molecular formula is C17H23N3O3S. The Morgan fingerprint density at radius 1 is 1.29 bits per heavy atom. The maximum absolute atomic E-state index is 13.1. The molecule has 0 aromatic heterocycles. The van der Waals surface area contributed by atoms with Crippen LogP contribution in [0, 0.1) is 0 Å². The molecule has 0 saturated carbocycles. The van der Waals surface area contributed by atoms with Crippen LogP contribution in [0.2, 0.25) is 0 Å². The average Bonchev–Trinajstić information content (AvgIpc) is 3.03. The van der Waals surface area contributed by atoms with Crippen molar-refractivity contribution in [3.8, 4) is 11.5 Å². The summed E-state index contributed by atoms with van der Waals surface area (Å²) in [6.07, 6.45) is 0. The van der Waals surface area contributed by atoms with Crippen molar-refractivity contribution in [2.75, 3.05) is 40.9 Å². The van der Waals surface area contributed by atoms with Gasteiger partial charge in [0.1, 0.15) is 17.0 Å². The standard InChI is InChI=1S/C17H23N3O3S/c1-5-20-15(21)17(18-16(20)24)10-19(2)9-14(17)11-6-12(22-3)8-13(7-11)23-4/h6-8,14H,5,9-10H2,1-4H3,(H,18,24)/t14-,17+/m0/s1. The van der Waals surface area contributed by atoms with Crippen molar-refractivity contribution in [1.29, 1.82) is 0 Å². The first-order valence-electron chi connectivity index (χ1n) is 8.00. The Balaban J connectivity index is 2.06. The molecule has 7 heteroatoms. The molecule has 1 spiro atoms. The first-order valence-corrected chi connectivity index (χ1v) is 8.41. The second kappa shape index (κ2) is 6.22. The van der Waals surface area contributed by atoms with Gasteiger partial charge in [0.15, 0.2) is 5.11 Å². The van der Waals surface area contributed by atoms with Gasteiger partial charge in [0.2, 0.25) is 0 Å². The van der Waals surface area contributed by atoms with Crippen molar-refractivity contribution < 1.29 is 14.3 Å². The number of likely N-dealkylation sites (tertiary alicyclic amines) is 1. The van der Waals surface area contributed by atoms with Crippen LogP contribution in [-0.2, 0) is 4.79 Å². The lowest BCUT2D eigenvalue weighted by molar-refractivity contribution is -0.130. The van der Waals surface area contributed by atoms with E-state index in [1.54, 1.807) is 19.1 Å². The smallest absolute Gasteiger partial charge is 0.256 e. The van der Waals surface area contributed by atoms with Crippen molar-refractivity contribution in [2.45, 2.75) is 18.4 Å². The summed E-state index contributed by atoms with van der Waals surface area (Å²) in [5.41, 5.74) is 0.288. The maximum atomic E-state index is 13.1. The van der Waals surface area contributed by atoms with Crippen LogP contribution in [0.25, 0.3) is 0 Å². The van der Waals surface area contributed by atoms with Gasteiger partial charge < -0.3 is 19.7 Å². The van der Waals surface area contributed by atoms with E-state index in [0.717, 1.165) is 23.6 Å². The van der Waals surface area contributed by atoms with E-state index < -0.39 is 5.54 Å². The Labute approximate surface area is 147 Å². The minimum Gasteiger partial charge on any atom is -0.497 e. The maximum Gasteiger partial charge on any atom is 0.256 e. The number of ether oxygens (including phenoxy) is 2. The van der Waals surface area contributed by atoms with Crippen LogP contribution in [0.15, 0.2) is 18.2 Å². The third-order valence-electron chi connectivity index (χ3n) is 4.90. The minimum absolute atomic E-state index is 0.0338. The molecule has 2 aliphatic rings. The number of likely N-dealkylation sites (N-methyl/N-ethyl adjacent to an activating group) is 2. The number of methoxy groups -OCH3 is 2. The van der Waals surface area contributed by atoms with Gasteiger partial charge in [-0.05, 0) is 43.9 Å². The first-order chi connectivity index (χ1) is 11.4. The van der Waals surface area contributed by atoms with Crippen LogP contribution in [0.3, 0.4) is 0 Å². The van der Waals surface area contributed by atoms with Crippen LogP contribution in [0.4, 0.5) is 0 Å². The van der Waals surface area contributed by atoms with E-state index in [9.17, 15) is 4.79 Å². The predicted octanol–water partition coefficient (Wildman–Crippen LogP) is 1.21. The number of nitrogens with zero attached hydrogens (tertiary/aromatic N) is 2. The number of carbonyl (C=O) groups is 1. The summed E-state index contributed by atoms with van der Waals surface area (Å²) in [5, 5.41) is 3.83. The molecule has 130 valence electrons. The zero-order valence-electron chi connectivity index (χ0n) is 14.5. The fraction of sp³-hybridized carbons (Fsp3) is 0.529. The van der Waals surface area contributed by atoms with Crippen molar-refractivity contribution in [2.24, 2.45) is 0 Å². The fourth-order valence-electron chi connectivity index (χ4n) is 3.76. The molecule has 2 atom stereocenters. The van der Waals surface area contributed by atoms with Gasteiger partial charge in [-0.1, -0.05) is 0 Å². The summed E-state index contributed by atoms with van der Waals surface area (Å²) in [6, 6.07) is 5.78. The third kappa shape index (κ3) is 2.52. The second-order valence-corrected chi connectivity index (χ2v) is 6.73. The molecule has 3 rings (SSSR count). The number of benzene rings is 1. The summed E-state index contributed by atoms with van der Waals surface area (Å²) in [5.74, 6) is 1.45. The van der Waals surface area contributed by atoms with Gasteiger partial charge in [0.25, 0.3) is 5.91 Å². The van der Waals surface area contributed by atoms with Gasteiger partial charge in [-0.25, -0.2) is 0 Å². The number of thiocarbonyl (C=S) groups is 1. The van der Waals surface area contributed by atoms with E-state index in [2.05, 4.69) is 10.2 Å². The van der Waals surface area contributed by atoms with E-state index in [1.807, 2.05) is 32.2 Å². The van der Waals surface area contributed by atoms with Crippen molar-refractivity contribution in [1.82, 2.24) is 15.1 Å². The normalized spacial score (nSPS) is 27.0. The summed E-state index contributed by atoms with van der Waals surface area (Å²) in [7, 11) is 5.27. The highest BCUT2D eigenvalue weighted by molar-refractivity contribution is 7.80. The summed E-state index contributed by atoms with van der Waals surface area (Å²) in [4.78, 5) is 16.9. The van der Waals surface area contributed by atoms with Crippen LogP contribution >= 0.6 is 12.2 Å². The molecule has 0 unspecified atom stereocenters. The van der Waals surface area contributed by atoms with Crippen LogP contribution < -0.4 is 14.8 Å². The molecule has 1 aromatic rings. The summed E-state index contributed by atoms with van der Waals surface area (Å²) in [6.45, 7) is 3.89. The number of amides is 1. The molecule has 0 radical (unpaired) electrons. The Kier molecular flexibility index (Phi) is 4.40. The van der Waals surface area contributed by atoms with Gasteiger partial charge >= 0.3 is 0 Å². The molecule has 2 fully saturated rings. The monoisotopic (exact) mass is 349 g/mol. The minimum atomic E-state index is -0.723. The molecule has 0 aliphatic carbocycles. The summed E-state index contributed by atoms with van der Waals surface area (Å²) < 4.78 is 10.8. The van der Waals surface area contributed by atoms with Gasteiger partial charge in [-0.15, -0.1) is 0 Å². The predicted molar refractivity (Wildman–Crippen MR) is 95.6 cm³/mol. The first kappa shape index (κ1) is 17.0. The molecule has 1 aromatic carbocycles. The van der Waals surface area contributed by atoms with E-state index in [-0.39, 0.29) is 11.8 Å². The highest BCUT2D eigenvalue weighted by Crippen LogP contribution is 2.41.